The molecule has 1 rings (SSSR count). The normalized spacial score (nSPS) is 12.7. The lowest BCUT2D eigenvalue weighted by Gasteiger charge is -2.24. The van der Waals surface area contributed by atoms with Crippen molar-refractivity contribution < 1.29 is 13.2 Å². The molecule has 1 aromatic carbocycles. The number of nitrogens with zero attached hydrogens (tertiary/aromatic N) is 1. The first-order chi connectivity index (χ1) is 8.00. The summed E-state index contributed by atoms with van der Waals surface area (Å²) in [6.07, 6.45) is -3.93. The van der Waals surface area contributed by atoms with Gasteiger partial charge in [-0.05, 0) is 44.0 Å². The van der Waals surface area contributed by atoms with E-state index in [0.717, 1.165) is 11.8 Å². The average molecular weight is 260 g/mol. The molecule has 0 amide bonds. The standard InChI is InChI=1S/C13H19F3N2/c1-12(2,17)8-9-7-10(13(14,15)16)5-6-11(9)18(3)4/h5-7H,8,17H2,1-4H3. The summed E-state index contributed by atoms with van der Waals surface area (Å²) < 4.78 is 38.1. The molecule has 0 spiro atoms. The van der Waals surface area contributed by atoms with Gasteiger partial charge in [0.15, 0.2) is 0 Å². The second-order valence-electron chi connectivity index (χ2n) is 5.40. The topological polar surface area (TPSA) is 29.3 Å². The van der Waals surface area contributed by atoms with Crippen LogP contribution in [0.1, 0.15) is 25.0 Å². The van der Waals surface area contributed by atoms with Crippen LogP contribution < -0.4 is 10.6 Å². The molecule has 0 aliphatic rings. The second-order valence-corrected chi connectivity index (χ2v) is 5.40. The van der Waals surface area contributed by atoms with E-state index < -0.39 is 17.3 Å². The first kappa shape index (κ1) is 14.8. The van der Waals surface area contributed by atoms with Gasteiger partial charge in [-0.3, -0.25) is 0 Å². The molecular weight excluding hydrogens is 241 g/mol. The third-order valence-electron chi connectivity index (χ3n) is 2.53. The van der Waals surface area contributed by atoms with Crippen LogP contribution in [0, 0.1) is 0 Å². The van der Waals surface area contributed by atoms with Gasteiger partial charge in [0.05, 0.1) is 5.56 Å². The molecule has 0 saturated heterocycles. The summed E-state index contributed by atoms with van der Waals surface area (Å²) in [4.78, 5) is 1.79. The fraction of sp³-hybridized carbons (Fsp3) is 0.538. The Balaban J connectivity index is 3.25. The van der Waals surface area contributed by atoms with Crippen molar-refractivity contribution in [2.75, 3.05) is 19.0 Å². The smallest absolute Gasteiger partial charge is 0.377 e. The molecule has 0 radical (unpaired) electrons. The lowest BCUT2D eigenvalue weighted by Crippen LogP contribution is -2.35. The van der Waals surface area contributed by atoms with E-state index >= 15 is 0 Å². The van der Waals surface area contributed by atoms with E-state index in [0.29, 0.717) is 12.0 Å². The van der Waals surface area contributed by atoms with Crippen LogP contribution in [0.25, 0.3) is 0 Å². The van der Waals surface area contributed by atoms with Crippen molar-refractivity contribution >= 4 is 5.69 Å². The zero-order valence-electron chi connectivity index (χ0n) is 11.1. The number of rotatable bonds is 3. The van der Waals surface area contributed by atoms with Crippen LogP contribution in [0.2, 0.25) is 0 Å². The van der Waals surface area contributed by atoms with Gasteiger partial charge in [-0.25, -0.2) is 0 Å². The zero-order valence-corrected chi connectivity index (χ0v) is 11.1. The van der Waals surface area contributed by atoms with Gasteiger partial charge >= 0.3 is 6.18 Å². The summed E-state index contributed by atoms with van der Waals surface area (Å²) in [5.74, 6) is 0. The molecule has 0 heterocycles. The van der Waals surface area contributed by atoms with Gasteiger partial charge in [-0.15, -0.1) is 0 Å². The van der Waals surface area contributed by atoms with Gasteiger partial charge in [0.25, 0.3) is 0 Å². The van der Waals surface area contributed by atoms with Crippen LogP contribution in [0.3, 0.4) is 0 Å². The molecule has 2 nitrogen and oxygen atoms in total. The average Bonchev–Trinajstić information content (AvgIpc) is 2.12. The molecule has 2 N–H and O–H groups in total. The quantitative estimate of drug-likeness (QED) is 0.905. The monoisotopic (exact) mass is 260 g/mol. The summed E-state index contributed by atoms with van der Waals surface area (Å²) in [6.45, 7) is 3.60. The highest BCUT2D eigenvalue weighted by Gasteiger charge is 2.31. The molecule has 0 unspecified atom stereocenters. The third-order valence-corrected chi connectivity index (χ3v) is 2.53. The maximum absolute atomic E-state index is 12.7. The Morgan fingerprint density at radius 3 is 2.11 bits per heavy atom. The van der Waals surface area contributed by atoms with Crippen molar-refractivity contribution in [3.8, 4) is 0 Å². The number of nitrogens with two attached hydrogens (primary N) is 1. The Bertz CT molecular complexity index is 417. The fourth-order valence-corrected chi connectivity index (χ4v) is 1.83. The molecule has 0 aliphatic carbocycles. The van der Waals surface area contributed by atoms with Crippen LogP contribution in [-0.4, -0.2) is 19.6 Å². The third kappa shape index (κ3) is 3.91. The first-order valence-corrected chi connectivity index (χ1v) is 5.67. The van der Waals surface area contributed by atoms with Gasteiger partial charge in [0, 0.05) is 25.3 Å². The van der Waals surface area contributed by atoms with E-state index in [9.17, 15) is 13.2 Å². The van der Waals surface area contributed by atoms with Crippen molar-refractivity contribution in [2.24, 2.45) is 5.73 Å². The summed E-state index contributed by atoms with van der Waals surface area (Å²) in [6, 6.07) is 3.77. The van der Waals surface area contributed by atoms with Gasteiger partial charge in [0.1, 0.15) is 0 Å². The Kier molecular flexibility index (Phi) is 3.96. The number of hydrogen-bond donors (Lipinski definition) is 1. The minimum Gasteiger partial charge on any atom is -0.377 e. The maximum Gasteiger partial charge on any atom is 0.416 e. The first-order valence-electron chi connectivity index (χ1n) is 5.67. The summed E-state index contributed by atoms with van der Waals surface area (Å²) >= 11 is 0. The molecule has 0 bridgehead atoms. The Hall–Kier alpha value is -1.23. The van der Waals surface area contributed by atoms with Crippen molar-refractivity contribution in [1.29, 1.82) is 0 Å². The van der Waals surface area contributed by atoms with Gasteiger partial charge in [0.2, 0.25) is 0 Å². The lowest BCUT2D eigenvalue weighted by molar-refractivity contribution is -0.137. The van der Waals surface area contributed by atoms with E-state index in [1.54, 1.807) is 32.8 Å². The molecule has 5 heteroatoms. The minimum atomic E-state index is -4.32. The second kappa shape index (κ2) is 4.80. The van der Waals surface area contributed by atoms with E-state index in [1.165, 1.54) is 12.1 Å². The SMILES string of the molecule is CN(C)c1ccc(C(F)(F)F)cc1CC(C)(C)N. The summed E-state index contributed by atoms with van der Waals surface area (Å²) in [7, 11) is 3.60. The minimum absolute atomic E-state index is 0.393. The van der Waals surface area contributed by atoms with E-state index in [2.05, 4.69) is 0 Å². The number of benzene rings is 1. The van der Waals surface area contributed by atoms with Crippen molar-refractivity contribution in [3.63, 3.8) is 0 Å². The molecule has 1 aromatic rings. The van der Waals surface area contributed by atoms with Crippen molar-refractivity contribution in [1.82, 2.24) is 0 Å². The van der Waals surface area contributed by atoms with E-state index in [4.69, 9.17) is 5.73 Å². The van der Waals surface area contributed by atoms with Crippen molar-refractivity contribution in [2.45, 2.75) is 32.0 Å². The predicted octanol–water partition coefficient (Wildman–Crippen LogP) is 3.05. The summed E-state index contributed by atoms with van der Waals surface area (Å²) in [5, 5.41) is 0. The molecule has 0 aliphatic heterocycles. The number of halogens is 3. The molecular formula is C13H19F3N2. The highest BCUT2D eigenvalue weighted by atomic mass is 19.4. The molecule has 0 aromatic heterocycles. The van der Waals surface area contributed by atoms with Gasteiger partial charge in [-0.1, -0.05) is 0 Å². The van der Waals surface area contributed by atoms with E-state index in [-0.39, 0.29) is 0 Å². The molecule has 0 saturated carbocycles. The summed E-state index contributed by atoms with van der Waals surface area (Å²) in [5.41, 5.74) is 6.10. The molecule has 0 atom stereocenters. The zero-order chi connectivity index (χ0) is 14.1. The highest BCUT2D eigenvalue weighted by molar-refractivity contribution is 5.55. The Labute approximate surface area is 106 Å². The lowest BCUT2D eigenvalue weighted by atomic mass is 9.93. The number of anilines is 1. The van der Waals surface area contributed by atoms with Crippen LogP contribution in [0.4, 0.5) is 18.9 Å². The Morgan fingerprint density at radius 2 is 1.72 bits per heavy atom. The van der Waals surface area contributed by atoms with Crippen LogP contribution in [0.15, 0.2) is 18.2 Å². The number of hydrogen-bond acceptors (Lipinski definition) is 2. The van der Waals surface area contributed by atoms with Crippen LogP contribution >= 0.6 is 0 Å². The largest absolute Gasteiger partial charge is 0.416 e. The van der Waals surface area contributed by atoms with Crippen molar-refractivity contribution in [3.05, 3.63) is 29.3 Å². The highest BCUT2D eigenvalue weighted by Crippen LogP contribution is 2.33. The molecule has 0 fully saturated rings. The molecule has 18 heavy (non-hydrogen) atoms. The molecule has 102 valence electrons. The Morgan fingerprint density at radius 1 is 1.17 bits per heavy atom. The van der Waals surface area contributed by atoms with E-state index in [1.807, 2.05) is 0 Å². The fourth-order valence-electron chi connectivity index (χ4n) is 1.83. The maximum atomic E-state index is 12.7. The van der Waals surface area contributed by atoms with Crippen LogP contribution in [-0.2, 0) is 12.6 Å². The van der Waals surface area contributed by atoms with Gasteiger partial charge in [-0.2, -0.15) is 13.2 Å². The predicted molar refractivity (Wildman–Crippen MR) is 67.7 cm³/mol. The van der Waals surface area contributed by atoms with Crippen LogP contribution in [0.5, 0.6) is 0 Å². The number of alkyl halides is 3. The van der Waals surface area contributed by atoms with Gasteiger partial charge < -0.3 is 10.6 Å².